The number of hydrogen-bond donors (Lipinski definition) is 1. The number of hydrogen-bond acceptors (Lipinski definition) is 3. The van der Waals surface area contributed by atoms with E-state index in [2.05, 4.69) is 18.4 Å². The van der Waals surface area contributed by atoms with Crippen LogP contribution in [0.1, 0.15) is 13.3 Å². The molecule has 1 unspecified atom stereocenters. The van der Waals surface area contributed by atoms with Gasteiger partial charge in [-0.25, -0.2) is 0 Å². The van der Waals surface area contributed by atoms with Crippen LogP contribution in [-0.4, -0.2) is 44.8 Å². The number of rotatable bonds is 9. The van der Waals surface area contributed by atoms with Crippen molar-refractivity contribution in [3.8, 4) is 0 Å². The van der Waals surface area contributed by atoms with Gasteiger partial charge < -0.3 is 10.5 Å². The molecule has 84 valence electrons. The Morgan fingerprint density at radius 3 is 2.71 bits per heavy atom. The SMILES string of the molecule is C=CCN(CCOC)CCC(C)CN. The fourth-order valence-electron chi connectivity index (χ4n) is 1.22. The minimum absolute atomic E-state index is 0.602. The first-order valence-corrected chi connectivity index (χ1v) is 5.26. The molecule has 0 spiro atoms. The van der Waals surface area contributed by atoms with Crippen molar-refractivity contribution >= 4 is 0 Å². The Morgan fingerprint density at radius 2 is 2.21 bits per heavy atom. The normalized spacial score (nSPS) is 13.1. The molecule has 0 rings (SSSR count). The van der Waals surface area contributed by atoms with Gasteiger partial charge in [-0.05, 0) is 25.4 Å². The highest BCUT2D eigenvalue weighted by Crippen LogP contribution is 2.01. The molecule has 14 heavy (non-hydrogen) atoms. The van der Waals surface area contributed by atoms with Crippen LogP contribution < -0.4 is 5.73 Å². The summed E-state index contributed by atoms with van der Waals surface area (Å²) in [5.41, 5.74) is 5.57. The van der Waals surface area contributed by atoms with E-state index in [4.69, 9.17) is 10.5 Å². The molecule has 0 fully saturated rings. The summed E-state index contributed by atoms with van der Waals surface area (Å²) in [5, 5.41) is 0. The molecule has 2 N–H and O–H groups in total. The minimum Gasteiger partial charge on any atom is -0.383 e. The molecule has 3 nitrogen and oxygen atoms in total. The summed E-state index contributed by atoms with van der Waals surface area (Å²) in [6, 6.07) is 0. The summed E-state index contributed by atoms with van der Waals surface area (Å²) in [6.07, 6.45) is 3.08. The maximum absolute atomic E-state index is 5.57. The molecule has 0 heterocycles. The Bertz CT molecular complexity index is 139. The second-order valence-electron chi connectivity index (χ2n) is 3.71. The molecule has 1 atom stereocenters. The van der Waals surface area contributed by atoms with E-state index < -0.39 is 0 Å². The molecular formula is C11H24N2O. The lowest BCUT2D eigenvalue weighted by molar-refractivity contribution is 0.151. The molecule has 0 saturated carbocycles. The van der Waals surface area contributed by atoms with Gasteiger partial charge in [-0.2, -0.15) is 0 Å². The first-order chi connectivity index (χ1) is 6.74. The first-order valence-electron chi connectivity index (χ1n) is 5.26. The van der Waals surface area contributed by atoms with Gasteiger partial charge in [0.1, 0.15) is 0 Å². The van der Waals surface area contributed by atoms with Crippen molar-refractivity contribution in [1.82, 2.24) is 4.90 Å². The van der Waals surface area contributed by atoms with Crippen molar-refractivity contribution in [3.63, 3.8) is 0 Å². The second-order valence-corrected chi connectivity index (χ2v) is 3.71. The average molecular weight is 200 g/mol. The van der Waals surface area contributed by atoms with E-state index in [0.717, 1.165) is 39.2 Å². The molecule has 0 radical (unpaired) electrons. The smallest absolute Gasteiger partial charge is 0.0589 e. The van der Waals surface area contributed by atoms with Crippen LogP contribution in [0.3, 0.4) is 0 Å². The zero-order valence-corrected chi connectivity index (χ0v) is 9.54. The van der Waals surface area contributed by atoms with Crippen LogP contribution in [0.15, 0.2) is 12.7 Å². The topological polar surface area (TPSA) is 38.5 Å². The van der Waals surface area contributed by atoms with Crippen LogP contribution in [0.4, 0.5) is 0 Å². The predicted molar refractivity (Wildman–Crippen MR) is 61.3 cm³/mol. The van der Waals surface area contributed by atoms with Crippen molar-refractivity contribution in [3.05, 3.63) is 12.7 Å². The number of nitrogens with zero attached hydrogens (tertiary/aromatic N) is 1. The van der Waals surface area contributed by atoms with Crippen molar-refractivity contribution in [2.75, 3.05) is 39.9 Å². The Morgan fingerprint density at radius 1 is 1.50 bits per heavy atom. The summed E-state index contributed by atoms with van der Waals surface area (Å²) >= 11 is 0. The molecule has 0 bridgehead atoms. The molecule has 0 amide bonds. The third kappa shape index (κ3) is 7.06. The second kappa shape index (κ2) is 9.19. The highest BCUT2D eigenvalue weighted by atomic mass is 16.5. The van der Waals surface area contributed by atoms with Crippen molar-refractivity contribution < 1.29 is 4.74 Å². The standard InChI is InChI=1S/C11H24N2O/c1-4-6-13(8-9-14-3)7-5-11(2)10-12/h4,11H,1,5-10,12H2,2-3H3. The van der Waals surface area contributed by atoms with Crippen LogP contribution in [0.25, 0.3) is 0 Å². The van der Waals surface area contributed by atoms with Crippen LogP contribution in [0.5, 0.6) is 0 Å². The zero-order chi connectivity index (χ0) is 10.8. The van der Waals surface area contributed by atoms with Gasteiger partial charge in [-0.15, -0.1) is 6.58 Å². The lowest BCUT2D eigenvalue weighted by Gasteiger charge is -2.21. The molecule has 0 aliphatic rings. The Labute approximate surface area is 87.9 Å². The molecule has 0 saturated heterocycles. The monoisotopic (exact) mass is 200 g/mol. The molecule has 3 heteroatoms. The van der Waals surface area contributed by atoms with Crippen LogP contribution in [-0.2, 0) is 4.74 Å². The fraction of sp³-hybridized carbons (Fsp3) is 0.818. The number of methoxy groups -OCH3 is 1. The van der Waals surface area contributed by atoms with Gasteiger partial charge >= 0.3 is 0 Å². The first kappa shape index (κ1) is 13.6. The summed E-state index contributed by atoms with van der Waals surface area (Å²) in [7, 11) is 1.73. The van der Waals surface area contributed by atoms with Crippen LogP contribution >= 0.6 is 0 Å². The van der Waals surface area contributed by atoms with Gasteiger partial charge in [0, 0.05) is 20.2 Å². The number of ether oxygens (including phenoxy) is 1. The molecule has 0 aromatic rings. The van der Waals surface area contributed by atoms with Gasteiger partial charge in [-0.1, -0.05) is 13.0 Å². The molecular weight excluding hydrogens is 176 g/mol. The van der Waals surface area contributed by atoms with Crippen molar-refractivity contribution in [2.24, 2.45) is 11.7 Å². The van der Waals surface area contributed by atoms with Gasteiger partial charge in [0.05, 0.1) is 6.61 Å². The molecule has 0 aliphatic carbocycles. The zero-order valence-electron chi connectivity index (χ0n) is 9.54. The maximum atomic E-state index is 5.57. The average Bonchev–Trinajstić information content (AvgIpc) is 2.21. The Kier molecular flexibility index (Phi) is 8.94. The maximum Gasteiger partial charge on any atom is 0.0589 e. The predicted octanol–water partition coefficient (Wildman–Crippen LogP) is 1.11. The summed E-state index contributed by atoms with van der Waals surface area (Å²) in [4.78, 5) is 2.34. The summed E-state index contributed by atoms with van der Waals surface area (Å²) in [6.45, 7) is 10.5. The van der Waals surface area contributed by atoms with E-state index in [0.29, 0.717) is 5.92 Å². The third-order valence-corrected chi connectivity index (χ3v) is 2.34. The number of nitrogens with two attached hydrogens (primary N) is 1. The van der Waals surface area contributed by atoms with Gasteiger partial charge in [0.25, 0.3) is 0 Å². The van der Waals surface area contributed by atoms with E-state index in [9.17, 15) is 0 Å². The highest BCUT2D eigenvalue weighted by molar-refractivity contribution is 4.73. The van der Waals surface area contributed by atoms with E-state index in [1.165, 1.54) is 0 Å². The van der Waals surface area contributed by atoms with Crippen molar-refractivity contribution in [2.45, 2.75) is 13.3 Å². The lowest BCUT2D eigenvalue weighted by Crippen LogP contribution is -2.30. The Balaban J connectivity index is 3.65. The quantitative estimate of drug-likeness (QED) is 0.567. The third-order valence-electron chi connectivity index (χ3n) is 2.34. The van der Waals surface area contributed by atoms with E-state index in [1.807, 2.05) is 6.08 Å². The van der Waals surface area contributed by atoms with Gasteiger partial charge in [0.15, 0.2) is 0 Å². The highest BCUT2D eigenvalue weighted by Gasteiger charge is 2.05. The summed E-state index contributed by atoms with van der Waals surface area (Å²) in [5.74, 6) is 0.602. The van der Waals surface area contributed by atoms with Gasteiger partial charge in [0.2, 0.25) is 0 Å². The summed E-state index contributed by atoms with van der Waals surface area (Å²) < 4.78 is 5.05. The minimum atomic E-state index is 0.602. The Hall–Kier alpha value is -0.380. The van der Waals surface area contributed by atoms with E-state index in [-0.39, 0.29) is 0 Å². The van der Waals surface area contributed by atoms with E-state index >= 15 is 0 Å². The van der Waals surface area contributed by atoms with Crippen LogP contribution in [0.2, 0.25) is 0 Å². The molecule has 0 aromatic carbocycles. The molecule has 0 aromatic heterocycles. The molecule has 0 aliphatic heterocycles. The largest absolute Gasteiger partial charge is 0.383 e. The van der Waals surface area contributed by atoms with E-state index in [1.54, 1.807) is 7.11 Å². The lowest BCUT2D eigenvalue weighted by atomic mass is 10.1. The van der Waals surface area contributed by atoms with Gasteiger partial charge in [-0.3, -0.25) is 4.90 Å². The fourth-order valence-corrected chi connectivity index (χ4v) is 1.22. The van der Waals surface area contributed by atoms with Crippen molar-refractivity contribution in [1.29, 1.82) is 0 Å². The van der Waals surface area contributed by atoms with Crippen LogP contribution in [0, 0.1) is 5.92 Å².